The second-order valence-corrected chi connectivity index (χ2v) is 5.85. The maximum Gasteiger partial charge on any atom is 0.270 e. The number of likely N-dealkylation sites (tertiary alicyclic amines) is 1. The van der Waals surface area contributed by atoms with E-state index in [-0.39, 0.29) is 11.9 Å². The van der Waals surface area contributed by atoms with Crippen LogP contribution in [0.2, 0.25) is 0 Å². The molecular formula is C18H22N4O2. The summed E-state index contributed by atoms with van der Waals surface area (Å²) in [6, 6.07) is 9.46. The number of hydrogen-bond acceptors (Lipinski definition) is 5. The number of rotatable bonds is 6. The third kappa shape index (κ3) is 4.29. The molecule has 0 saturated carbocycles. The zero-order chi connectivity index (χ0) is 16.8. The summed E-state index contributed by atoms with van der Waals surface area (Å²) in [6.45, 7) is 5.19. The number of carbonyl (C=O) groups excluding carboxylic acids is 1. The van der Waals surface area contributed by atoms with Crippen molar-refractivity contribution >= 4 is 5.91 Å². The number of hydrogen-bond donors (Lipinski definition) is 1. The van der Waals surface area contributed by atoms with Crippen LogP contribution in [0.1, 0.15) is 29.4 Å². The minimum atomic E-state index is -0.106. The monoisotopic (exact) mass is 326 g/mol. The largest absolute Gasteiger partial charge is 0.478 e. The van der Waals surface area contributed by atoms with Gasteiger partial charge in [-0.05, 0) is 31.0 Å². The SMILES string of the molecule is CCOc1ccc(CN2CC[C@H](NC(=O)c3ccccn3)C2)cn1. The molecule has 24 heavy (non-hydrogen) atoms. The highest BCUT2D eigenvalue weighted by atomic mass is 16.5. The first kappa shape index (κ1) is 16.4. The van der Waals surface area contributed by atoms with Gasteiger partial charge in [0.15, 0.2) is 0 Å². The van der Waals surface area contributed by atoms with E-state index in [1.807, 2.05) is 31.3 Å². The predicted octanol–water partition coefficient (Wildman–Crippen LogP) is 1.88. The van der Waals surface area contributed by atoms with Gasteiger partial charge in [0.1, 0.15) is 5.69 Å². The van der Waals surface area contributed by atoms with Gasteiger partial charge in [0.2, 0.25) is 5.88 Å². The smallest absolute Gasteiger partial charge is 0.270 e. The van der Waals surface area contributed by atoms with Gasteiger partial charge in [-0.15, -0.1) is 0 Å². The van der Waals surface area contributed by atoms with Crippen molar-refractivity contribution in [2.75, 3.05) is 19.7 Å². The van der Waals surface area contributed by atoms with Crippen LogP contribution in [0.15, 0.2) is 42.7 Å². The Labute approximate surface area is 141 Å². The number of aromatic nitrogens is 2. The quantitative estimate of drug-likeness (QED) is 0.878. The average Bonchev–Trinajstić information content (AvgIpc) is 3.04. The van der Waals surface area contributed by atoms with E-state index in [2.05, 4.69) is 20.2 Å². The molecule has 1 fully saturated rings. The number of nitrogens with zero attached hydrogens (tertiary/aromatic N) is 3. The lowest BCUT2D eigenvalue weighted by atomic mass is 10.2. The van der Waals surface area contributed by atoms with Crippen LogP contribution in [0.4, 0.5) is 0 Å². The molecule has 1 aliphatic heterocycles. The second-order valence-electron chi connectivity index (χ2n) is 5.85. The van der Waals surface area contributed by atoms with Crippen LogP contribution in [-0.4, -0.2) is 46.5 Å². The van der Waals surface area contributed by atoms with Crippen molar-refractivity contribution in [2.24, 2.45) is 0 Å². The molecular weight excluding hydrogens is 304 g/mol. The van der Waals surface area contributed by atoms with Gasteiger partial charge in [0.05, 0.1) is 6.61 Å². The Hall–Kier alpha value is -2.47. The zero-order valence-electron chi connectivity index (χ0n) is 13.8. The van der Waals surface area contributed by atoms with E-state index in [9.17, 15) is 4.79 Å². The maximum atomic E-state index is 12.1. The van der Waals surface area contributed by atoms with Gasteiger partial charge in [0.25, 0.3) is 5.91 Å². The highest BCUT2D eigenvalue weighted by molar-refractivity contribution is 5.92. The Morgan fingerprint density at radius 2 is 2.25 bits per heavy atom. The van der Waals surface area contributed by atoms with E-state index in [4.69, 9.17) is 4.74 Å². The molecule has 126 valence electrons. The van der Waals surface area contributed by atoms with Crippen molar-refractivity contribution in [3.8, 4) is 5.88 Å². The van der Waals surface area contributed by atoms with Crippen molar-refractivity contribution in [2.45, 2.75) is 25.9 Å². The first-order valence-corrected chi connectivity index (χ1v) is 8.26. The summed E-state index contributed by atoms with van der Waals surface area (Å²) in [7, 11) is 0. The van der Waals surface area contributed by atoms with Gasteiger partial charge >= 0.3 is 0 Å². The number of ether oxygens (including phenoxy) is 1. The average molecular weight is 326 g/mol. The van der Waals surface area contributed by atoms with Crippen molar-refractivity contribution < 1.29 is 9.53 Å². The summed E-state index contributed by atoms with van der Waals surface area (Å²) in [5.41, 5.74) is 1.61. The molecule has 1 saturated heterocycles. The van der Waals surface area contributed by atoms with Crippen LogP contribution >= 0.6 is 0 Å². The van der Waals surface area contributed by atoms with Gasteiger partial charge in [-0.2, -0.15) is 0 Å². The summed E-state index contributed by atoms with van der Waals surface area (Å²) >= 11 is 0. The van der Waals surface area contributed by atoms with E-state index in [0.29, 0.717) is 18.2 Å². The van der Waals surface area contributed by atoms with Gasteiger partial charge < -0.3 is 10.1 Å². The Bertz CT molecular complexity index is 660. The van der Waals surface area contributed by atoms with Crippen LogP contribution in [-0.2, 0) is 6.54 Å². The summed E-state index contributed by atoms with van der Waals surface area (Å²) in [5, 5.41) is 3.06. The van der Waals surface area contributed by atoms with Gasteiger partial charge in [-0.25, -0.2) is 4.98 Å². The Kier molecular flexibility index (Phi) is 5.38. The Morgan fingerprint density at radius 3 is 2.96 bits per heavy atom. The number of amides is 1. The molecule has 1 amide bonds. The topological polar surface area (TPSA) is 67.3 Å². The van der Waals surface area contributed by atoms with Gasteiger partial charge in [-0.3, -0.25) is 14.7 Å². The highest BCUT2D eigenvalue weighted by Crippen LogP contribution is 2.15. The lowest BCUT2D eigenvalue weighted by Crippen LogP contribution is -2.37. The van der Waals surface area contributed by atoms with E-state index in [1.165, 1.54) is 0 Å². The van der Waals surface area contributed by atoms with Crippen molar-refractivity contribution in [3.05, 3.63) is 54.0 Å². The first-order chi connectivity index (χ1) is 11.7. The van der Waals surface area contributed by atoms with E-state index in [1.54, 1.807) is 18.3 Å². The molecule has 2 aromatic heterocycles. The van der Waals surface area contributed by atoms with Crippen molar-refractivity contribution in [3.63, 3.8) is 0 Å². The normalized spacial score (nSPS) is 17.6. The molecule has 1 atom stereocenters. The summed E-state index contributed by atoms with van der Waals surface area (Å²) in [4.78, 5) is 22.8. The van der Waals surface area contributed by atoms with Gasteiger partial charge in [0, 0.05) is 44.1 Å². The van der Waals surface area contributed by atoms with Crippen LogP contribution < -0.4 is 10.1 Å². The summed E-state index contributed by atoms with van der Waals surface area (Å²) in [5.74, 6) is 0.549. The number of pyridine rings is 2. The fourth-order valence-corrected chi connectivity index (χ4v) is 2.85. The molecule has 0 spiro atoms. The van der Waals surface area contributed by atoms with Gasteiger partial charge in [-0.1, -0.05) is 12.1 Å². The molecule has 0 aromatic carbocycles. The molecule has 0 radical (unpaired) electrons. The molecule has 1 aliphatic rings. The molecule has 2 aromatic rings. The van der Waals surface area contributed by atoms with Crippen LogP contribution in [0.3, 0.4) is 0 Å². The standard InChI is InChI=1S/C18H22N4O2/c1-2-24-17-7-6-14(11-20-17)12-22-10-8-15(13-22)21-18(23)16-5-3-4-9-19-16/h3-7,9,11,15H,2,8,10,12-13H2,1H3,(H,21,23)/t15-/m0/s1. The molecule has 3 heterocycles. The summed E-state index contributed by atoms with van der Waals surface area (Å²) in [6.07, 6.45) is 4.43. The third-order valence-corrected chi connectivity index (χ3v) is 4.00. The molecule has 0 aliphatic carbocycles. The van der Waals surface area contributed by atoms with Crippen LogP contribution in [0, 0.1) is 0 Å². The maximum absolute atomic E-state index is 12.1. The molecule has 6 heteroatoms. The Morgan fingerprint density at radius 1 is 1.33 bits per heavy atom. The van der Waals surface area contributed by atoms with Crippen molar-refractivity contribution in [1.29, 1.82) is 0 Å². The van der Waals surface area contributed by atoms with E-state index in [0.717, 1.165) is 31.6 Å². The van der Waals surface area contributed by atoms with Crippen LogP contribution in [0.5, 0.6) is 5.88 Å². The lowest BCUT2D eigenvalue weighted by molar-refractivity contribution is 0.0932. The number of carbonyl (C=O) groups is 1. The first-order valence-electron chi connectivity index (χ1n) is 8.26. The Balaban J connectivity index is 1.49. The fourth-order valence-electron chi connectivity index (χ4n) is 2.85. The predicted molar refractivity (Wildman–Crippen MR) is 90.8 cm³/mol. The third-order valence-electron chi connectivity index (χ3n) is 4.00. The zero-order valence-corrected chi connectivity index (χ0v) is 13.8. The van der Waals surface area contributed by atoms with E-state index < -0.39 is 0 Å². The molecule has 3 rings (SSSR count). The summed E-state index contributed by atoms with van der Waals surface area (Å²) < 4.78 is 5.36. The second kappa shape index (κ2) is 7.88. The minimum Gasteiger partial charge on any atom is -0.478 e. The molecule has 6 nitrogen and oxygen atoms in total. The fraction of sp³-hybridized carbons (Fsp3) is 0.389. The minimum absolute atomic E-state index is 0.106. The highest BCUT2D eigenvalue weighted by Gasteiger charge is 2.24. The van der Waals surface area contributed by atoms with Crippen LogP contribution in [0.25, 0.3) is 0 Å². The molecule has 1 N–H and O–H groups in total. The molecule has 0 unspecified atom stereocenters. The number of nitrogens with one attached hydrogen (secondary N) is 1. The molecule has 0 bridgehead atoms. The van der Waals surface area contributed by atoms with Crippen molar-refractivity contribution in [1.82, 2.24) is 20.2 Å². The van der Waals surface area contributed by atoms with E-state index >= 15 is 0 Å². The lowest BCUT2D eigenvalue weighted by Gasteiger charge is -2.16.